The van der Waals surface area contributed by atoms with E-state index in [1.54, 1.807) is 14.2 Å². The average Bonchev–Trinajstić information content (AvgIpc) is 2.30. The van der Waals surface area contributed by atoms with Crippen molar-refractivity contribution in [2.24, 2.45) is 0 Å². The molecule has 0 bridgehead atoms. The highest BCUT2D eigenvalue weighted by molar-refractivity contribution is 9.10. The fraction of sp³-hybridized carbons (Fsp3) is 0.538. The van der Waals surface area contributed by atoms with Crippen molar-refractivity contribution in [3.63, 3.8) is 0 Å². The summed E-state index contributed by atoms with van der Waals surface area (Å²) in [5, 5.41) is 3.45. The number of hydrogen-bond donors (Lipinski definition) is 1. The van der Waals surface area contributed by atoms with Crippen LogP contribution in [0.1, 0.15) is 25.5 Å². The van der Waals surface area contributed by atoms with Gasteiger partial charge in [-0.2, -0.15) is 0 Å². The van der Waals surface area contributed by atoms with E-state index in [9.17, 15) is 0 Å². The highest BCUT2D eigenvalue weighted by Gasteiger charge is 2.18. The molecule has 0 heterocycles. The molecule has 1 rings (SSSR count). The van der Waals surface area contributed by atoms with Crippen molar-refractivity contribution < 1.29 is 9.47 Å². The predicted molar refractivity (Wildman–Crippen MR) is 73.0 cm³/mol. The molecule has 0 fully saturated rings. The van der Waals surface area contributed by atoms with Crippen LogP contribution in [0.3, 0.4) is 0 Å². The highest BCUT2D eigenvalue weighted by atomic mass is 79.9. The van der Waals surface area contributed by atoms with Crippen molar-refractivity contribution in [1.29, 1.82) is 0 Å². The quantitative estimate of drug-likeness (QED) is 0.819. The third kappa shape index (κ3) is 4.39. The largest absolute Gasteiger partial charge is 0.354 e. The fourth-order valence-electron chi connectivity index (χ4n) is 1.85. The van der Waals surface area contributed by atoms with E-state index in [-0.39, 0.29) is 18.4 Å². The summed E-state index contributed by atoms with van der Waals surface area (Å²) in [5.74, 6) is 0. The lowest BCUT2D eigenvalue weighted by Crippen LogP contribution is -2.40. The molecule has 0 radical (unpaired) electrons. The molecule has 0 saturated carbocycles. The Morgan fingerprint density at radius 1 is 1.18 bits per heavy atom. The zero-order chi connectivity index (χ0) is 12.8. The van der Waals surface area contributed by atoms with Crippen LogP contribution in [-0.4, -0.2) is 26.6 Å². The van der Waals surface area contributed by atoms with Crippen molar-refractivity contribution >= 4 is 15.9 Å². The second kappa shape index (κ2) is 7.11. The smallest absolute Gasteiger partial charge is 0.171 e. The van der Waals surface area contributed by atoms with E-state index in [2.05, 4.69) is 40.3 Å². The van der Waals surface area contributed by atoms with E-state index < -0.39 is 0 Å². The second-order valence-corrected chi connectivity index (χ2v) is 4.99. The molecule has 1 aromatic carbocycles. The van der Waals surface area contributed by atoms with Gasteiger partial charge in [0, 0.05) is 24.7 Å². The zero-order valence-corrected chi connectivity index (χ0v) is 12.3. The third-order valence-corrected chi connectivity index (χ3v) is 3.23. The first-order valence-corrected chi connectivity index (χ1v) is 6.45. The minimum Gasteiger partial charge on any atom is -0.354 e. The molecule has 4 heteroatoms. The van der Waals surface area contributed by atoms with Gasteiger partial charge in [0.15, 0.2) is 6.29 Å². The van der Waals surface area contributed by atoms with Crippen LogP contribution in [0.5, 0.6) is 0 Å². The van der Waals surface area contributed by atoms with Gasteiger partial charge in [-0.3, -0.25) is 0 Å². The molecule has 17 heavy (non-hydrogen) atoms. The van der Waals surface area contributed by atoms with Gasteiger partial charge in [-0.15, -0.1) is 0 Å². The molecule has 0 aliphatic heterocycles. The van der Waals surface area contributed by atoms with Gasteiger partial charge in [0.25, 0.3) is 0 Å². The first kappa shape index (κ1) is 14.6. The van der Waals surface area contributed by atoms with Crippen LogP contribution >= 0.6 is 15.9 Å². The minimum atomic E-state index is -0.232. The molecule has 96 valence electrons. The molecular formula is C13H20BrNO2. The Hall–Kier alpha value is -0.420. The molecule has 1 aromatic rings. The number of benzene rings is 1. The fourth-order valence-corrected chi connectivity index (χ4v) is 2.27. The summed E-state index contributed by atoms with van der Waals surface area (Å²) in [6.07, 6.45) is -0.232. The van der Waals surface area contributed by atoms with Crippen molar-refractivity contribution in [3.05, 3.63) is 34.3 Å². The Morgan fingerprint density at radius 2 is 1.82 bits per heavy atom. The van der Waals surface area contributed by atoms with Gasteiger partial charge in [0.2, 0.25) is 0 Å². The molecule has 3 nitrogen and oxygen atoms in total. The minimum absolute atomic E-state index is 0.124. The molecule has 0 spiro atoms. The number of nitrogens with one attached hydrogen (secondary N) is 1. The number of hydrogen-bond acceptors (Lipinski definition) is 3. The van der Waals surface area contributed by atoms with Crippen molar-refractivity contribution in [1.82, 2.24) is 5.32 Å². The van der Waals surface area contributed by atoms with Gasteiger partial charge in [-0.1, -0.05) is 28.1 Å². The van der Waals surface area contributed by atoms with Crippen LogP contribution in [0.4, 0.5) is 0 Å². The standard InChI is InChI=1S/C13H20BrNO2/c1-9(11-6-5-7-12(14)8-11)15-10(2)13(16-3)17-4/h5-10,13,15H,1-4H3/t9-,10?/m1/s1. The van der Waals surface area contributed by atoms with Crippen LogP contribution < -0.4 is 5.32 Å². The lowest BCUT2D eigenvalue weighted by atomic mass is 10.1. The predicted octanol–water partition coefficient (Wildman–Crippen LogP) is 3.11. The lowest BCUT2D eigenvalue weighted by Gasteiger charge is -2.26. The normalized spacial score (nSPS) is 14.9. The Bertz CT molecular complexity index is 342. The van der Waals surface area contributed by atoms with E-state index in [0.29, 0.717) is 0 Å². The summed E-state index contributed by atoms with van der Waals surface area (Å²) in [7, 11) is 3.30. The first-order chi connectivity index (χ1) is 8.08. The van der Waals surface area contributed by atoms with E-state index in [4.69, 9.17) is 9.47 Å². The number of methoxy groups -OCH3 is 2. The molecule has 0 aliphatic rings. The van der Waals surface area contributed by atoms with Gasteiger partial charge in [-0.05, 0) is 31.5 Å². The van der Waals surface area contributed by atoms with Crippen LogP contribution in [0.15, 0.2) is 28.7 Å². The second-order valence-electron chi connectivity index (χ2n) is 4.07. The van der Waals surface area contributed by atoms with Crippen molar-refractivity contribution in [3.8, 4) is 0 Å². The molecule has 0 aromatic heterocycles. The Balaban J connectivity index is 2.62. The monoisotopic (exact) mass is 301 g/mol. The molecule has 1 unspecified atom stereocenters. The summed E-state index contributed by atoms with van der Waals surface area (Å²) in [4.78, 5) is 0. The lowest BCUT2D eigenvalue weighted by molar-refractivity contribution is -0.120. The van der Waals surface area contributed by atoms with Gasteiger partial charge in [0.1, 0.15) is 0 Å². The zero-order valence-electron chi connectivity index (χ0n) is 10.7. The maximum absolute atomic E-state index is 5.23. The summed E-state index contributed by atoms with van der Waals surface area (Å²) in [6.45, 7) is 4.17. The number of rotatable bonds is 6. The first-order valence-electron chi connectivity index (χ1n) is 5.65. The van der Waals surface area contributed by atoms with Crippen LogP contribution in [0.2, 0.25) is 0 Å². The summed E-state index contributed by atoms with van der Waals surface area (Å²) in [5.41, 5.74) is 1.23. The summed E-state index contributed by atoms with van der Waals surface area (Å²) in [6, 6.07) is 8.64. The van der Waals surface area contributed by atoms with E-state index in [1.807, 2.05) is 19.1 Å². The Labute approximate surface area is 112 Å². The van der Waals surface area contributed by atoms with Crippen LogP contribution in [0, 0.1) is 0 Å². The van der Waals surface area contributed by atoms with Crippen molar-refractivity contribution in [2.75, 3.05) is 14.2 Å². The molecule has 0 saturated heterocycles. The maximum Gasteiger partial charge on any atom is 0.171 e. The molecule has 0 amide bonds. The van der Waals surface area contributed by atoms with Gasteiger partial charge in [-0.25, -0.2) is 0 Å². The van der Waals surface area contributed by atoms with E-state index in [0.717, 1.165) is 4.47 Å². The van der Waals surface area contributed by atoms with Crippen LogP contribution in [-0.2, 0) is 9.47 Å². The summed E-state index contributed by atoms with van der Waals surface area (Å²) >= 11 is 3.48. The molecule has 0 aliphatic carbocycles. The number of ether oxygens (including phenoxy) is 2. The Morgan fingerprint density at radius 3 is 2.35 bits per heavy atom. The SMILES string of the molecule is COC(OC)C(C)N[C@H](C)c1cccc(Br)c1. The molecular weight excluding hydrogens is 282 g/mol. The van der Waals surface area contributed by atoms with Gasteiger partial charge < -0.3 is 14.8 Å². The molecule has 1 N–H and O–H groups in total. The maximum atomic E-state index is 5.23. The van der Waals surface area contributed by atoms with Crippen molar-refractivity contribution in [2.45, 2.75) is 32.2 Å². The van der Waals surface area contributed by atoms with Gasteiger partial charge in [0.05, 0.1) is 6.04 Å². The van der Waals surface area contributed by atoms with E-state index >= 15 is 0 Å². The van der Waals surface area contributed by atoms with E-state index in [1.165, 1.54) is 5.56 Å². The van der Waals surface area contributed by atoms with Crippen LogP contribution in [0.25, 0.3) is 0 Å². The highest BCUT2D eigenvalue weighted by Crippen LogP contribution is 2.18. The van der Waals surface area contributed by atoms with Gasteiger partial charge >= 0.3 is 0 Å². The number of halogens is 1. The summed E-state index contributed by atoms with van der Waals surface area (Å²) < 4.78 is 11.5. The third-order valence-electron chi connectivity index (χ3n) is 2.73. The Kier molecular flexibility index (Phi) is 6.12. The molecule has 2 atom stereocenters. The topological polar surface area (TPSA) is 30.5 Å². The average molecular weight is 302 g/mol.